The summed E-state index contributed by atoms with van der Waals surface area (Å²) in [4.78, 5) is 12.0. The van der Waals surface area contributed by atoms with E-state index in [2.05, 4.69) is 6.92 Å². The molecular formula is C17H21FO3. The molecule has 21 heavy (non-hydrogen) atoms. The second-order valence-corrected chi connectivity index (χ2v) is 5.09. The lowest BCUT2D eigenvalue weighted by Gasteiger charge is -2.07. The molecule has 0 unspecified atom stereocenters. The molecule has 4 heteroatoms. The van der Waals surface area contributed by atoms with Crippen LogP contribution in [0.4, 0.5) is 4.39 Å². The highest BCUT2D eigenvalue weighted by Gasteiger charge is 2.14. The van der Waals surface area contributed by atoms with Gasteiger partial charge in [0.2, 0.25) is 0 Å². The maximum atomic E-state index is 14.2. The Labute approximate surface area is 123 Å². The van der Waals surface area contributed by atoms with Gasteiger partial charge in [0.05, 0.1) is 6.61 Å². The molecule has 2 rings (SSSR count). The van der Waals surface area contributed by atoms with Crippen molar-refractivity contribution in [1.29, 1.82) is 0 Å². The Morgan fingerprint density at radius 2 is 2.00 bits per heavy atom. The number of unbranched alkanes of at least 4 members (excludes halogenated alkanes) is 3. The second kappa shape index (κ2) is 7.25. The highest BCUT2D eigenvalue weighted by atomic mass is 19.1. The van der Waals surface area contributed by atoms with Crippen molar-refractivity contribution in [2.75, 3.05) is 6.61 Å². The highest BCUT2D eigenvalue weighted by molar-refractivity contribution is 5.83. The molecule has 3 nitrogen and oxygen atoms in total. The third kappa shape index (κ3) is 3.63. The number of fused-ring (bicyclic) bond motifs is 1. The Kier molecular flexibility index (Phi) is 5.37. The second-order valence-electron chi connectivity index (χ2n) is 5.09. The fourth-order valence-corrected chi connectivity index (χ4v) is 2.39. The molecule has 0 aliphatic heterocycles. The lowest BCUT2D eigenvalue weighted by Crippen LogP contribution is -2.06. The zero-order valence-corrected chi connectivity index (χ0v) is 12.6. The van der Waals surface area contributed by atoms with Crippen molar-refractivity contribution in [2.24, 2.45) is 0 Å². The molecule has 0 spiro atoms. The van der Waals surface area contributed by atoms with Crippen LogP contribution in [0, 0.1) is 5.82 Å². The van der Waals surface area contributed by atoms with Crippen molar-refractivity contribution in [1.82, 2.24) is 0 Å². The molecule has 1 heterocycles. The maximum absolute atomic E-state index is 14.2. The van der Waals surface area contributed by atoms with E-state index in [1.807, 2.05) is 0 Å². The Hall–Kier alpha value is -1.84. The monoisotopic (exact) mass is 292 g/mol. The van der Waals surface area contributed by atoms with Gasteiger partial charge in [0.15, 0.2) is 11.6 Å². The smallest absolute Gasteiger partial charge is 0.346 e. The van der Waals surface area contributed by atoms with Crippen LogP contribution >= 0.6 is 0 Å². The van der Waals surface area contributed by atoms with Gasteiger partial charge < -0.3 is 9.15 Å². The Morgan fingerprint density at radius 3 is 2.71 bits per heavy atom. The van der Waals surface area contributed by atoms with Gasteiger partial charge in [-0.1, -0.05) is 32.3 Å². The van der Waals surface area contributed by atoms with Crippen LogP contribution < -0.4 is 10.4 Å². The molecule has 0 saturated carbocycles. The number of aryl methyl sites for hydroxylation is 1. The largest absolute Gasteiger partial charge is 0.491 e. The molecule has 1 aromatic heterocycles. The summed E-state index contributed by atoms with van der Waals surface area (Å²) in [5.41, 5.74) is -0.628. The third-order valence-corrected chi connectivity index (χ3v) is 3.46. The standard InChI is InChI=1S/C17H21FO3/c1-3-5-6-7-8-13-11-12-9-10-14(20-4-2)16(18)15(12)17(19)21-13/h9-11H,3-8H2,1-2H3. The summed E-state index contributed by atoms with van der Waals surface area (Å²) in [6, 6.07) is 5.01. The predicted molar refractivity (Wildman–Crippen MR) is 81.5 cm³/mol. The van der Waals surface area contributed by atoms with Gasteiger partial charge in [0.25, 0.3) is 0 Å². The van der Waals surface area contributed by atoms with E-state index in [-0.39, 0.29) is 11.1 Å². The van der Waals surface area contributed by atoms with E-state index >= 15 is 0 Å². The van der Waals surface area contributed by atoms with Crippen LogP contribution in [0.15, 0.2) is 27.4 Å². The molecule has 0 amide bonds. The van der Waals surface area contributed by atoms with E-state index in [9.17, 15) is 9.18 Å². The molecule has 2 aromatic rings. The number of hydrogen-bond acceptors (Lipinski definition) is 3. The van der Waals surface area contributed by atoms with Gasteiger partial charge in [-0.2, -0.15) is 0 Å². The number of hydrogen-bond donors (Lipinski definition) is 0. The van der Waals surface area contributed by atoms with Gasteiger partial charge in [-0.25, -0.2) is 9.18 Å². The zero-order chi connectivity index (χ0) is 15.2. The van der Waals surface area contributed by atoms with E-state index in [0.29, 0.717) is 24.2 Å². The summed E-state index contributed by atoms with van der Waals surface area (Å²) in [6.07, 6.45) is 5.12. The van der Waals surface area contributed by atoms with Crippen molar-refractivity contribution < 1.29 is 13.5 Å². The Balaban J connectivity index is 2.30. The SMILES string of the molecule is CCCCCCc1cc2ccc(OCC)c(F)c2c(=O)o1. The van der Waals surface area contributed by atoms with Crippen molar-refractivity contribution >= 4 is 10.8 Å². The van der Waals surface area contributed by atoms with Gasteiger partial charge in [-0.3, -0.25) is 0 Å². The summed E-state index contributed by atoms with van der Waals surface area (Å²) < 4.78 is 24.6. The van der Waals surface area contributed by atoms with Crippen LogP contribution in [0.3, 0.4) is 0 Å². The fraction of sp³-hybridized carbons (Fsp3) is 0.471. The van der Waals surface area contributed by atoms with Crippen molar-refractivity contribution in [3.8, 4) is 5.75 Å². The van der Waals surface area contributed by atoms with Crippen LogP contribution in [0.2, 0.25) is 0 Å². The predicted octanol–water partition coefficient (Wildman–Crippen LogP) is 4.45. The molecule has 0 bridgehead atoms. The highest BCUT2D eigenvalue weighted by Crippen LogP contribution is 2.25. The first-order valence-electron chi connectivity index (χ1n) is 7.55. The summed E-state index contributed by atoms with van der Waals surface area (Å²) in [5, 5.41) is 0.538. The van der Waals surface area contributed by atoms with Crippen LogP contribution in [0.25, 0.3) is 10.8 Å². The average molecular weight is 292 g/mol. The number of halogens is 1. The Morgan fingerprint density at radius 1 is 1.19 bits per heavy atom. The van der Waals surface area contributed by atoms with E-state index < -0.39 is 11.4 Å². The molecule has 0 fully saturated rings. The molecule has 0 saturated heterocycles. The number of rotatable bonds is 7. The molecule has 0 N–H and O–H groups in total. The maximum Gasteiger partial charge on any atom is 0.346 e. The van der Waals surface area contributed by atoms with Gasteiger partial charge in [0.1, 0.15) is 11.1 Å². The van der Waals surface area contributed by atoms with E-state index in [0.717, 1.165) is 19.3 Å². The zero-order valence-electron chi connectivity index (χ0n) is 12.6. The Bertz CT molecular complexity index is 661. The first-order valence-corrected chi connectivity index (χ1v) is 7.55. The van der Waals surface area contributed by atoms with Gasteiger partial charge in [-0.05, 0) is 30.9 Å². The molecule has 0 atom stereocenters. The van der Waals surface area contributed by atoms with Gasteiger partial charge in [-0.15, -0.1) is 0 Å². The van der Waals surface area contributed by atoms with E-state index in [4.69, 9.17) is 9.15 Å². The van der Waals surface area contributed by atoms with Crippen LogP contribution in [-0.2, 0) is 6.42 Å². The van der Waals surface area contributed by atoms with Crippen molar-refractivity contribution in [3.63, 3.8) is 0 Å². The summed E-state index contributed by atoms with van der Waals surface area (Å²) >= 11 is 0. The first-order chi connectivity index (χ1) is 10.2. The summed E-state index contributed by atoms with van der Waals surface area (Å²) in [5.74, 6) is 0.0702. The molecule has 0 aliphatic rings. The van der Waals surface area contributed by atoms with Gasteiger partial charge >= 0.3 is 5.63 Å². The molecular weight excluding hydrogens is 271 g/mol. The molecule has 1 aromatic carbocycles. The number of ether oxygens (including phenoxy) is 1. The average Bonchev–Trinajstić information content (AvgIpc) is 2.46. The van der Waals surface area contributed by atoms with Crippen LogP contribution in [0.5, 0.6) is 5.75 Å². The fourth-order valence-electron chi connectivity index (χ4n) is 2.39. The number of benzene rings is 1. The van der Waals surface area contributed by atoms with Crippen molar-refractivity contribution in [3.05, 3.63) is 40.2 Å². The minimum absolute atomic E-state index is 0.0294. The minimum Gasteiger partial charge on any atom is -0.491 e. The quantitative estimate of drug-likeness (QED) is 0.708. The summed E-state index contributed by atoms with van der Waals surface area (Å²) in [7, 11) is 0. The van der Waals surface area contributed by atoms with Crippen LogP contribution in [0.1, 0.15) is 45.3 Å². The molecule has 114 valence electrons. The normalized spacial score (nSPS) is 11.0. The van der Waals surface area contributed by atoms with Gasteiger partial charge in [0, 0.05) is 6.42 Å². The third-order valence-electron chi connectivity index (χ3n) is 3.46. The minimum atomic E-state index is -0.638. The summed E-state index contributed by atoms with van der Waals surface area (Å²) in [6.45, 7) is 4.27. The van der Waals surface area contributed by atoms with E-state index in [1.54, 1.807) is 25.1 Å². The topological polar surface area (TPSA) is 39.4 Å². The lowest BCUT2D eigenvalue weighted by molar-refractivity contribution is 0.322. The van der Waals surface area contributed by atoms with Crippen LogP contribution in [-0.4, -0.2) is 6.61 Å². The molecule has 0 radical (unpaired) electrons. The first kappa shape index (κ1) is 15.5. The molecule has 0 aliphatic carbocycles. The van der Waals surface area contributed by atoms with E-state index in [1.165, 1.54) is 6.42 Å². The lowest BCUT2D eigenvalue weighted by atomic mass is 10.1. The van der Waals surface area contributed by atoms with Crippen molar-refractivity contribution in [2.45, 2.75) is 46.0 Å².